The summed E-state index contributed by atoms with van der Waals surface area (Å²) in [4.78, 5) is 16.8. The van der Waals surface area contributed by atoms with Crippen molar-refractivity contribution < 1.29 is 13.9 Å². The molecule has 4 aromatic rings. The standard InChI is InChI=1S/C22H21FN4O2/c1-13-18-11-20-19(12-24-27(20)14(2)28)25-22(18)26(17-5-3-16(23)4-6-17)21(13)15-7-9-29-10-8-15/h3-6,11-12,15H,7-10H2,1-2H3. The van der Waals surface area contributed by atoms with E-state index in [4.69, 9.17) is 9.72 Å². The summed E-state index contributed by atoms with van der Waals surface area (Å²) in [6, 6.07) is 8.49. The number of pyridine rings is 1. The molecule has 1 aliphatic rings. The largest absolute Gasteiger partial charge is 0.381 e. The van der Waals surface area contributed by atoms with Gasteiger partial charge in [0.1, 0.15) is 17.0 Å². The molecule has 0 aliphatic carbocycles. The highest BCUT2D eigenvalue weighted by Crippen LogP contribution is 2.38. The third kappa shape index (κ3) is 2.84. The van der Waals surface area contributed by atoms with Gasteiger partial charge in [-0.25, -0.2) is 9.37 Å². The first-order valence-electron chi connectivity index (χ1n) is 9.79. The lowest BCUT2D eigenvalue weighted by molar-refractivity contribution is 0.0841. The van der Waals surface area contributed by atoms with Crippen LogP contribution in [0.25, 0.3) is 27.8 Å². The number of fused-ring (bicyclic) bond motifs is 2. The number of aryl methyl sites for hydroxylation is 1. The van der Waals surface area contributed by atoms with Crippen molar-refractivity contribution in [2.45, 2.75) is 32.6 Å². The van der Waals surface area contributed by atoms with E-state index in [-0.39, 0.29) is 11.7 Å². The van der Waals surface area contributed by atoms with Crippen LogP contribution in [0.5, 0.6) is 0 Å². The first kappa shape index (κ1) is 18.0. The molecule has 6 nitrogen and oxygen atoms in total. The lowest BCUT2D eigenvalue weighted by atomic mass is 9.93. The molecule has 1 aromatic carbocycles. The van der Waals surface area contributed by atoms with Gasteiger partial charge >= 0.3 is 0 Å². The second-order valence-electron chi connectivity index (χ2n) is 7.55. The Labute approximate surface area is 166 Å². The van der Waals surface area contributed by atoms with Gasteiger partial charge in [0, 0.05) is 42.8 Å². The quantitative estimate of drug-likeness (QED) is 0.508. The molecule has 1 aliphatic heterocycles. The topological polar surface area (TPSA) is 61.9 Å². The van der Waals surface area contributed by atoms with Crippen LogP contribution in [-0.2, 0) is 4.74 Å². The Morgan fingerprint density at radius 3 is 2.62 bits per heavy atom. The third-order valence-corrected chi connectivity index (χ3v) is 5.77. The minimum absolute atomic E-state index is 0.151. The third-order valence-electron chi connectivity index (χ3n) is 5.77. The molecule has 0 unspecified atom stereocenters. The molecule has 0 atom stereocenters. The summed E-state index contributed by atoms with van der Waals surface area (Å²) in [5, 5.41) is 5.16. The Morgan fingerprint density at radius 2 is 1.93 bits per heavy atom. The van der Waals surface area contributed by atoms with Gasteiger partial charge in [-0.05, 0) is 55.7 Å². The normalized spacial score (nSPS) is 15.4. The number of hydrogen-bond donors (Lipinski definition) is 0. The number of hydrogen-bond acceptors (Lipinski definition) is 4. The van der Waals surface area contributed by atoms with Gasteiger partial charge in [-0.3, -0.25) is 9.36 Å². The summed E-state index contributed by atoms with van der Waals surface area (Å²) in [6.07, 6.45) is 3.47. The zero-order chi connectivity index (χ0) is 20.1. The fourth-order valence-corrected chi connectivity index (χ4v) is 4.37. The minimum atomic E-state index is -0.271. The summed E-state index contributed by atoms with van der Waals surface area (Å²) in [5.74, 6) is -0.0931. The van der Waals surface area contributed by atoms with Gasteiger partial charge in [0.15, 0.2) is 0 Å². The number of rotatable bonds is 2. The number of nitrogens with zero attached hydrogens (tertiary/aromatic N) is 4. The maximum Gasteiger partial charge on any atom is 0.244 e. The molecule has 0 radical (unpaired) electrons. The average Bonchev–Trinajstić information content (AvgIpc) is 3.27. The number of aromatic nitrogens is 4. The molecule has 0 spiro atoms. The number of halogens is 1. The molecule has 1 saturated heterocycles. The van der Waals surface area contributed by atoms with Crippen molar-refractivity contribution in [3.05, 3.63) is 53.6 Å². The van der Waals surface area contributed by atoms with Crippen molar-refractivity contribution >= 4 is 28.0 Å². The molecule has 7 heteroatoms. The van der Waals surface area contributed by atoms with Gasteiger partial charge < -0.3 is 4.74 Å². The molecule has 0 bridgehead atoms. The summed E-state index contributed by atoms with van der Waals surface area (Å²) in [6.45, 7) is 5.03. The first-order chi connectivity index (χ1) is 14.0. The van der Waals surface area contributed by atoms with Crippen molar-refractivity contribution in [2.24, 2.45) is 0 Å². The van der Waals surface area contributed by atoms with E-state index < -0.39 is 0 Å². The summed E-state index contributed by atoms with van der Waals surface area (Å²) in [5.41, 5.74) is 5.33. The molecular formula is C22H21FN4O2. The maximum absolute atomic E-state index is 13.6. The highest BCUT2D eigenvalue weighted by atomic mass is 19.1. The smallest absolute Gasteiger partial charge is 0.244 e. The van der Waals surface area contributed by atoms with Gasteiger partial charge in [0.05, 0.1) is 11.7 Å². The predicted octanol–water partition coefficient (Wildman–Crippen LogP) is 4.38. The maximum atomic E-state index is 13.6. The molecule has 0 N–H and O–H groups in total. The van der Waals surface area contributed by atoms with Crippen molar-refractivity contribution in [1.82, 2.24) is 19.3 Å². The number of ether oxygens (including phenoxy) is 1. The van der Waals surface area contributed by atoms with Crippen LogP contribution in [-0.4, -0.2) is 38.5 Å². The van der Waals surface area contributed by atoms with Crippen LogP contribution in [0.2, 0.25) is 0 Å². The zero-order valence-electron chi connectivity index (χ0n) is 16.4. The molecule has 29 heavy (non-hydrogen) atoms. The van der Waals surface area contributed by atoms with Crippen molar-refractivity contribution in [1.29, 1.82) is 0 Å². The van der Waals surface area contributed by atoms with E-state index in [0.717, 1.165) is 48.3 Å². The van der Waals surface area contributed by atoms with Crippen LogP contribution in [0.15, 0.2) is 36.5 Å². The molecule has 5 rings (SSSR count). The van der Waals surface area contributed by atoms with E-state index in [0.29, 0.717) is 17.0 Å². The van der Waals surface area contributed by atoms with E-state index in [1.165, 1.54) is 29.4 Å². The Hall–Kier alpha value is -3.06. The Kier molecular flexibility index (Phi) is 4.20. The monoisotopic (exact) mass is 392 g/mol. The first-order valence-corrected chi connectivity index (χ1v) is 9.79. The molecule has 0 amide bonds. The average molecular weight is 392 g/mol. The molecule has 4 heterocycles. The van der Waals surface area contributed by atoms with Gasteiger partial charge in [-0.15, -0.1) is 0 Å². The van der Waals surface area contributed by atoms with Gasteiger partial charge in [0.25, 0.3) is 0 Å². The van der Waals surface area contributed by atoms with Crippen molar-refractivity contribution in [3.8, 4) is 5.69 Å². The highest BCUT2D eigenvalue weighted by molar-refractivity contribution is 5.97. The van der Waals surface area contributed by atoms with Crippen LogP contribution < -0.4 is 0 Å². The summed E-state index contributed by atoms with van der Waals surface area (Å²) >= 11 is 0. The van der Waals surface area contributed by atoms with Crippen LogP contribution in [0.4, 0.5) is 4.39 Å². The fourth-order valence-electron chi connectivity index (χ4n) is 4.37. The lowest BCUT2D eigenvalue weighted by Crippen LogP contribution is -2.17. The molecule has 148 valence electrons. The Balaban J connectivity index is 1.83. The Morgan fingerprint density at radius 1 is 1.21 bits per heavy atom. The van der Waals surface area contributed by atoms with E-state index in [1.54, 1.807) is 18.3 Å². The second-order valence-corrected chi connectivity index (χ2v) is 7.55. The summed E-state index contributed by atoms with van der Waals surface area (Å²) < 4.78 is 22.7. The van der Waals surface area contributed by atoms with Crippen molar-refractivity contribution in [3.63, 3.8) is 0 Å². The van der Waals surface area contributed by atoms with Crippen LogP contribution in [0, 0.1) is 12.7 Å². The fraction of sp³-hybridized carbons (Fsp3) is 0.318. The molecular weight excluding hydrogens is 371 g/mol. The van der Waals surface area contributed by atoms with Gasteiger partial charge in [-0.2, -0.15) is 9.78 Å². The molecule has 0 saturated carbocycles. The number of benzene rings is 1. The van der Waals surface area contributed by atoms with Crippen LogP contribution in [0.3, 0.4) is 0 Å². The Bertz CT molecular complexity index is 1230. The van der Waals surface area contributed by atoms with E-state index in [1.807, 2.05) is 6.07 Å². The van der Waals surface area contributed by atoms with Crippen molar-refractivity contribution in [2.75, 3.05) is 13.2 Å². The predicted molar refractivity (Wildman–Crippen MR) is 108 cm³/mol. The zero-order valence-corrected chi connectivity index (χ0v) is 16.4. The van der Waals surface area contributed by atoms with E-state index in [2.05, 4.69) is 16.6 Å². The van der Waals surface area contributed by atoms with Gasteiger partial charge in [0.2, 0.25) is 5.91 Å². The van der Waals surface area contributed by atoms with E-state index >= 15 is 0 Å². The van der Waals surface area contributed by atoms with Crippen LogP contribution in [0.1, 0.15) is 41.7 Å². The van der Waals surface area contributed by atoms with Gasteiger partial charge in [-0.1, -0.05) is 0 Å². The molecule has 1 fully saturated rings. The second kappa shape index (κ2) is 6.77. The minimum Gasteiger partial charge on any atom is -0.381 e. The number of carbonyl (C=O) groups is 1. The SMILES string of the molecule is CC(=O)n1ncc2nc3c(cc21)c(C)c(C1CCOCC1)n3-c1ccc(F)cc1. The van der Waals surface area contributed by atoms with Crippen LogP contribution >= 0.6 is 0 Å². The number of carbonyl (C=O) groups excluding carboxylic acids is 1. The highest BCUT2D eigenvalue weighted by Gasteiger charge is 2.26. The summed E-state index contributed by atoms with van der Waals surface area (Å²) in [7, 11) is 0. The van der Waals surface area contributed by atoms with E-state index in [9.17, 15) is 9.18 Å². The molecule has 3 aromatic heterocycles. The lowest BCUT2D eigenvalue weighted by Gasteiger charge is -2.25.